The van der Waals surface area contributed by atoms with Gasteiger partial charge in [0.2, 0.25) is 11.8 Å². The van der Waals surface area contributed by atoms with Gasteiger partial charge >= 0.3 is 0 Å². The van der Waals surface area contributed by atoms with Gasteiger partial charge in [-0.1, -0.05) is 34.6 Å². The zero-order valence-electron chi connectivity index (χ0n) is 13.9. The molecule has 118 valence electrons. The fraction of sp³-hybridized carbons (Fsp3) is 0.765. The highest BCUT2D eigenvalue weighted by Gasteiger charge is 2.45. The molecule has 0 aromatic heterocycles. The lowest BCUT2D eigenvalue weighted by atomic mass is 9.82. The second kappa shape index (κ2) is 6.98. The Hall–Kier alpha value is -1.50. The summed E-state index contributed by atoms with van der Waals surface area (Å²) in [6.45, 7) is 10.5. The Kier molecular flexibility index (Phi) is 5.83. The topological polar surface area (TPSA) is 49.4 Å². The van der Waals surface area contributed by atoms with Gasteiger partial charge in [0.05, 0.1) is 0 Å². The number of hydrogen-bond acceptors (Lipinski definition) is 2. The van der Waals surface area contributed by atoms with Crippen LogP contribution in [0.4, 0.5) is 0 Å². The van der Waals surface area contributed by atoms with E-state index in [1.807, 2.05) is 34.6 Å². The lowest BCUT2D eigenvalue weighted by molar-refractivity contribution is -0.154. The van der Waals surface area contributed by atoms with Gasteiger partial charge in [-0.05, 0) is 24.2 Å². The number of terminal acetylenes is 1. The van der Waals surface area contributed by atoms with Crippen LogP contribution >= 0.6 is 0 Å². The summed E-state index contributed by atoms with van der Waals surface area (Å²) in [5, 5.41) is 2.91. The normalized spacial score (nSPS) is 23.2. The largest absolute Gasteiger partial charge is 0.342 e. The van der Waals surface area contributed by atoms with Gasteiger partial charge in [0.1, 0.15) is 12.1 Å². The van der Waals surface area contributed by atoms with E-state index in [0.29, 0.717) is 13.0 Å². The van der Waals surface area contributed by atoms with Crippen molar-refractivity contribution in [1.29, 1.82) is 0 Å². The van der Waals surface area contributed by atoms with Crippen molar-refractivity contribution in [3.63, 3.8) is 0 Å². The van der Waals surface area contributed by atoms with Gasteiger partial charge in [-0.3, -0.25) is 9.59 Å². The van der Waals surface area contributed by atoms with Crippen molar-refractivity contribution >= 4 is 11.8 Å². The summed E-state index contributed by atoms with van der Waals surface area (Å²) in [4.78, 5) is 26.9. The van der Waals surface area contributed by atoms with Crippen LogP contribution in [-0.4, -0.2) is 35.3 Å². The van der Waals surface area contributed by atoms with Crippen LogP contribution in [0.2, 0.25) is 0 Å². The first-order chi connectivity index (χ1) is 9.70. The monoisotopic (exact) mass is 292 g/mol. The van der Waals surface area contributed by atoms with Crippen molar-refractivity contribution < 1.29 is 9.59 Å². The second-order valence-corrected chi connectivity index (χ2v) is 7.19. The predicted molar refractivity (Wildman–Crippen MR) is 84.4 cm³/mol. The predicted octanol–water partition coefficient (Wildman–Crippen LogP) is 2.19. The molecule has 0 radical (unpaired) electrons. The highest BCUT2D eigenvalue weighted by molar-refractivity contribution is 5.97. The van der Waals surface area contributed by atoms with E-state index < -0.39 is 6.04 Å². The summed E-state index contributed by atoms with van der Waals surface area (Å²) >= 11 is 0. The van der Waals surface area contributed by atoms with Crippen molar-refractivity contribution in [2.45, 2.75) is 66.0 Å². The van der Waals surface area contributed by atoms with Gasteiger partial charge in [-0.15, -0.1) is 12.3 Å². The molecule has 4 heteroatoms. The smallest absolute Gasteiger partial charge is 0.246 e. The lowest BCUT2D eigenvalue weighted by Crippen LogP contribution is -2.67. The highest BCUT2D eigenvalue weighted by atomic mass is 16.2. The molecule has 1 aliphatic rings. The summed E-state index contributed by atoms with van der Waals surface area (Å²) in [5.41, 5.74) is -0.286. The van der Waals surface area contributed by atoms with Crippen LogP contribution in [-0.2, 0) is 9.59 Å². The molecule has 0 aromatic rings. The summed E-state index contributed by atoms with van der Waals surface area (Å²) in [6, 6.07) is -0.824. The molecule has 1 rings (SSSR count). The van der Waals surface area contributed by atoms with E-state index in [2.05, 4.69) is 11.2 Å². The first-order valence-corrected chi connectivity index (χ1v) is 7.74. The number of piperazine rings is 1. The van der Waals surface area contributed by atoms with Gasteiger partial charge in [0.15, 0.2) is 0 Å². The Morgan fingerprint density at radius 2 is 1.90 bits per heavy atom. The summed E-state index contributed by atoms with van der Waals surface area (Å²) in [7, 11) is 0. The fourth-order valence-electron chi connectivity index (χ4n) is 2.74. The number of nitrogens with zero attached hydrogens (tertiary/aromatic N) is 1. The number of unbranched alkanes of at least 4 members (excludes halogenated alkanes) is 2. The molecular formula is C17H28N2O2. The van der Waals surface area contributed by atoms with Gasteiger partial charge < -0.3 is 10.2 Å². The molecule has 0 spiro atoms. The number of carbonyl (C=O) groups is 2. The SMILES string of the molecule is C#CCCCCN1C(=O)C(C(C)(C)C)NC(=O)C1C(C)C. The van der Waals surface area contributed by atoms with Crippen molar-refractivity contribution in [3.05, 3.63) is 0 Å². The average molecular weight is 292 g/mol. The third-order valence-corrected chi connectivity index (χ3v) is 3.89. The minimum absolute atomic E-state index is 0.0292. The quantitative estimate of drug-likeness (QED) is 0.624. The van der Waals surface area contributed by atoms with Crippen LogP contribution in [0.3, 0.4) is 0 Å². The van der Waals surface area contributed by atoms with Crippen LogP contribution in [0.1, 0.15) is 53.9 Å². The maximum absolute atomic E-state index is 12.8. The zero-order chi connectivity index (χ0) is 16.2. The Morgan fingerprint density at radius 1 is 1.29 bits per heavy atom. The van der Waals surface area contributed by atoms with Crippen LogP contribution in [0.15, 0.2) is 0 Å². The molecule has 2 atom stereocenters. The first kappa shape index (κ1) is 17.6. The Labute approximate surface area is 128 Å². The molecule has 0 saturated carbocycles. The molecule has 0 bridgehead atoms. The molecule has 1 saturated heterocycles. The van der Waals surface area contributed by atoms with Crippen molar-refractivity contribution in [3.8, 4) is 12.3 Å². The van der Waals surface area contributed by atoms with Crippen LogP contribution in [0.25, 0.3) is 0 Å². The second-order valence-electron chi connectivity index (χ2n) is 7.19. The number of carbonyl (C=O) groups excluding carboxylic acids is 2. The van der Waals surface area contributed by atoms with Gasteiger partial charge in [-0.2, -0.15) is 0 Å². The fourth-order valence-corrected chi connectivity index (χ4v) is 2.74. The zero-order valence-corrected chi connectivity index (χ0v) is 13.9. The van der Waals surface area contributed by atoms with E-state index in [1.54, 1.807) is 4.90 Å². The maximum Gasteiger partial charge on any atom is 0.246 e. The standard InChI is InChI=1S/C17H28N2O2/c1-7-8-9-10-11-19-13(12(2)3)15(20)18-14(16(19)21)17(4,5)6/h1,12-14H,8-11H2,2-6H3,(H,18,20). The maximum atomic E-state index is 12.8. The van der Waals surface area contributed by atoms with E-state index in [4.69, 9.17) is 6.42 Å². The van der Waals surface area contributed by atoms with Crippen LogP contribution < -0.4 is 5.32 Å². The average Bonchev–Trinajstić information content (AvgIpc) is 2.36. The van der Waals surface area contributed by atoms with Crippen molar-refractivity contribution in [2.75, 3.05) is 6.54 Å². The van der Waals surface area contributed by atoms with Crippen LogP contribution in [0, 0.1) is 23.7 Å². The number of amides is 2. The molecular weight excluding hydrogens is 264 g/mol. The first-order valence-electron chi connectivity index (χ1n) is 7.74. The van der Waals surface area contributed by atoms with E-state index in [-0.39, 0.29) is 29.2 Å². The highest BCUT2D eigenvalue weighted by Crippen LogP contribution is 2.27. The van der Waals surface area contributed by atoms with Crippen molar-refractivity contribution in [1.82, 2.24) is 10.2 Å². The molecule has 1 N–H and O–H groups in total. The molecule has 0 aliphatic carbocycles. The third kappa shape index (κ3) is 4.23. The van der Waals surface area contributed by atoms with E-state index in [0.717, 1.165) is 12.8 Å². The Morgan fingerprint density at radius 3 is 2.38 bits per heavy atom. The molecule has 2 amide bonds. The van der Waals surface area contributed by atoms with E-state index in [9.17, 15) is 9.59 Å². The Bertz CT molecular complexity index is 429. The number of nitrogens with one attached hydrogen (secondary N) is 1. The van der Waals surface area contributed by atoms with Crippen molar-refractivity contribution in [2.24, 2.45) is 11.3 Å². The van der Waals surface area contributed by atoms with Crippen LogP contribution in [0.5, 0.6) is 0 Å². The van der Waals surface area contributed by atoms with Gasteiger partial charge in [0, 0.05) is 13.0 Å². The minimum atomic E-state index is -0.451. The van der Waals surface area contributed by atoms with Gasteiger partial charge in [-0.25, -0.2) is 0 Å². The summed E-state index contributed by atoms with van der Waals surface area (Å²) in [6.07, 6.45) is 7.69. The molecule has 1 fully saturated rings. The Balaban J connectivity index is 2.91. The molecule has 4 nitrogen and oxygen atoms in total. The summed E-state index contributed by atoms with van der Waals surface area (Å²) in [5.74, 6) is 2.70. The van der Waals surface area contributed by atoms with E-state index in [1.165, 1.54) is 0 Å². The molecule has 21 heavy (non-hydrogen) atoms. The third-order valence-electron chi connectivity index (χ3n) is 3.89. The molecule has 0 aromatic carbocycles. The molecule has 1 aliphatic heterocycles. The molecule has 2 unspecified atom stereocenters. The minimum Gasteiger partial charge on any atom is -0.342 e. The van der Waals surface area contributed by atoms with E-state index >= 15 is 0 Å². The number of rotatable bonds is 5. The van der Waals surface area contributed by atoms with Gasteiger partial charge in [0.25, 0.3) is 0 Å². The molecule has 1 heterocycles. The number of hydrogen-bond donors (Lipinski definition) is 1. The summed E-state index contributed by atoms with van der Waals surface area (Å²) < 4.78 is 0. The lowest BCUT2D eigenvalue weighted by Gasteiger charge is -2.44.